The molecule has 0 saturated carbocycles. The van der Waals surface area contributed by atoms with E-state index in [1.807, 2.05) is 36.4 Å². The Kier molecular flexibility index (Phi) is 6.22. The summed E-state index contributed by atoms with van der Waals surface area (Å²) in [6, 6.07) is 17.2. The van der Waals surface area contributed by atoms with E-state index in [1.54, 1.807) is 19.4 Å². The average Bonchev–Trinajstić information content (AvgIpc) is 2.73. The molecule has 0 spiro atoms. The van der Waals surface area contributed by atoms with Gasteiger partial charge in [-0.05, 0) is 47.4 Å². The van der Waals surface area contributed by atoms with Gasteiger partial charge < -0.3 is 15.4 Å². The number of aromatic nitrogens is 2. The van der Waals surface area contributed by atoms with E-state index in [0.717, 1.165) is 17.0 Å². The highest BCUT2D eigenvalue weighted by molar-refractivity contribution is 5.92. The molecule has 0 atom stereocenters. The van der Waals surface area contributed by atoms with Gasteiger partial charge >= 0.3 is 0 Å². The van der Waals surface area contributed by atoms with E-state index < -0.39 is 0 Å². The van der Waals surface area contributed by atoms with Crippen LogP contribution in [0.1, 0.15) is 41.4 Å². The molecule has 0 saturated heterocycles. The van der Waals surface area contributed by atoms with E-state index in [2.05, 4.69) is 46.6 Å². The largest absolute Gasteiger partial charge is 0.497 e. The zero-order valence-corrected chi connectivity index (χ0v) is 16.3. The summed E-state index contributed by atoms with van der Waals surface area (Å²) >= 11 is 0. The molecular formula is C22H24N4O2. The maximum atomic E-state index is 12.4. The van der Waals surface area contributed by atoms with Crippen LogP contribution in [-0.4, -0.2) is 23.0 Å². The minimum Gasteiger partial charge on any atom is -0.497 e. The Bertz CT molecular complexity index is 922. The van der Waals surface area contributed by atoms with Gasteiger partial charge in [-0.25, -0.2) is 9.97 Å². The number of nitrogens with zero attached hydrogens (tertiary/aromatic N) is 2. The van der Waals surface area contributed by atoms with E-state index in [9.17, 15) is 4.79 Å². The molecule has 3 aromatic rings. The Labute approximate surface area is 165 Å². The van der Waals surface area contributed by atoms with Crippen LogP contribution < -0.4 is 15.4 Å². The molecule has 0 fully saturated rings. The number of nitrogens with one attached hydrogen (secondary N) is 2. The van der Waals surface area contributed by atoms with Gasteiger partial charge in [0.15, 0.2) is 0 Å². The predicted molar refractivity (Wildman–Crippen MR) is 110 cm³/mol. The van der Waals surface area contributed by atoms with Gasteiger partial charge in [-0.1, -0.05) is 38.1 Å². The van der Waals surface area contributed by atoms with Crippen LogP contribution in [0.3, 0.4) is 0 Å². The van der Waals surface area contributed by atoms with Crippen molar-refractivity contribution in [3.8, 4) is 5.75 Å². The highest BCUT2D eigenvalue weighted by atomic mass is 16.5. The molecule has 0 unspecified atom stereocenters. The smallest absolute Gasteiger partial charge is 0.270 e. The maximum Gasteiger partial charge on any atom is 0.270 e. The summed E-state index contributed by atoms with van der Waals surface area (Å²) in [7, 11) is 1.62. The highest BCUT2D eigenvalue weighted by Gasteiger charge is 2.09. The third-order valence-corrected chi connectivity index (χ3v) is 4.33. The molecule has 1 amide bonds. The molecule has 144 valence electrons. The number of benzene rings is 2. The fourth-order valence-corrected chi connectivity index (χ4v) is 2.64. The lowest BCUT2D eigenvalue weighted by Gasteiger charge is -2.09. The summed E-state index contributed by atoms with van der Waals surface area (Å²) in [6.07, 6.45) is 1.57. The number of hydrogen-bond donors (Lipinski definition) is 2. The highest BCUT2D eigenvalue weighted by Crippen LogP contribution is 2.19. The minimum absolute atomic E-state index is 0.253. The van der Waals surface area contributed by atoms with Crippen molar-refractivity contribution in [2.45, 2.75) is 26.3 Å². The van der Waals surface area contributed by atoms with Crippen LogP contribution in [-0.2, 0) is 6.54 Å². The molecular weight excluding hydrogens is 352 g/mol. The Hall–Kier alpha value is -3.41. The summed E-state index contributed by atoms with van der Waals surface area (Å²) in [6.45, 7) is 4.71. The number of methoxy groups -OCH3 is 1. The van der Waals surface area contributed by atoms with Crippen molar-refractivity contribution in [3.63, 3.8) is 0 Å². The second-order valence-electron chi connectivity index (χ2n) is 6.70. The van der Waals surface area contributed by atoms with Crippen molar-refractivity contribution in [1.82, 2.24) is 15.3 Å². The van der Waals surface area contributed by atoms with Crippen LogP contribution in [0.15, 0.2) is 60.8 Å². The van der Waals surface area contributed by atoms with E-state index in [4.69, 9.17) is 4.74 Å². The third kappa shape index (κ3) is 5.07. The van der Waals surface area contributed by atoms with Gasteiger partial charge in [0.2, 0.25) is 5.95 Å². The van der Waals surface area contributed by atoms with E-state index in [1.165, 1.54) is 5.56 Å². The Morgan fingerprint density at radius 1 is 1.04 bits per heavy atom. The summed E-state index contributed by atoms with van der Waals surface area (Å²) in [5.41, 5.74) is 3.43. The molecule has 3 rings (SSSR count). The first kappa shape index (κ1) is 19.4. The molecule has 6 heteroatoms. The lowest BCUT2D eigenvalue weighted by molar-refractivity contribution is 0.0946. The lowest BCUT2D eigenvalue weighted by Crippen LogP contribution is -2.24. The molecule has 1 aromatic heterocycles. The summed E-state index contributed by atoms with van der Waals surface area (Å²) in [5, 5.41) is 6.00. The van der Waals surface area contributed by atoms with Crippen molar-refractivity contribution < 1.29 is 9.53 Å². The van der Waals surface area contributed by atoms with Crippen molar-refractivity contribution >= 4 is 17.5 Å². The Balaban J connectivity index is 1.62. The molecule has 1 heterocycles. The zero-order chi connectivity index (χ0) is 19.9. The average molecular weight is 376 g/mol. The van der Waals surface area contributed by atoms with Gasteiger partial charge in [0.1, 0.15) is 11.4 Å². The predicted octanol–water partition coefficient (Wildman–Crippen LogP) is 4.28. The van der Waals surface area contributed by atoms with Gasteiger partial charge in [0.25, 0.3) is 5.91 Å². The van der Waals surface area contributed by atoms with Crippen molar-refractivity contribution in [2.75, 3.05) is 12.4 Å². The Morgan fingerprint density at radius 2 is 1.75 bits per heavy atom. The molecule has 0 aliphatic carbocycles. The molecule has 2 N–H and O–H groups in total. The summed E-state index contributed by atoms with van der Waals surface area (Å²) < 4.78 is 5.13. The number of carbonyl (C=O) groups is 1. The number of ether oxygens (including phenoxy) is 1. The normalized spacial score (nSPS) is 10.6. The first-order chi connectivity index (χ1) is 13.5. The van der Waals surface area contributed by atoms with Crippen LogP contribution in [0, 0.1) is 0 Å². The van der Waals surface area contributed by atoms with Crippen LogP contribution in [0.2, 0.25) is 0 Å². The number of amides is 1. The minimum atomic E-state index is -0.253. The number of anilines is 2. The topological polar surface area (TPSA) is 76.1 Å². The van der Waals surface area contributed by atoms with Crippen molar-refractivity contribution in [3.05, 3.63) is 77.6 Å². The zero-order valence-electron chi connectivity index (χ0n) is 16.3. The van der Waals surface area contributed by atoms with Crippen LogP contribution in [0.5, 0.6) is 5.75 Å². The number of hydrogen-bond acceptors (Lipinski definition) is 5. The lowest BCUT2D eigenvalue weighted by atomic mass is 10.0. The van der Waals surface area contributed by atoms with Crippen LogP contribution in [0.4, 0.5) is 11.6 Å². The van der Waals surface area contributed by atoms with Gasteiger partial charge in [-0.3, -0.25) is 4.79 Å². The fourth-order valence-electron chi connectivity index (χ4n) is 2.64. The quantitative estimate of drug-likeness (QED) is 0.644. The Morgan fingerprint density at radius 3 is 2.39 bits per heavy atom. The number of carbonyl (C=O) groups excluding carboxylic acids is 1. The van der Waals surface area contributed by atoms with Crippen molar-refractivity contribution in [1.29, 1.82) is 0 Å². The first-order valence-electron chi connectivity index (χ1n) is 9.16. The molecule has 0 radical (unpaired) electrons. The maximum absolute atomic E-state index is 12.4. The van der Waals surface area contributed by atoms with Gasteiger partial charge in [0, 0.05) is 18.4 Å². The summed E-state index contributed by atoms with van der Waals surface area (Å²) in [5.74, 6) is 1.39. The molecule has 0 aliphatic rings. The molecule has 0 aliphatic heterocycles. The fraction of sp³-hybridized carbons (Fsp3) is 0.227. The molecule has 28 heavy (non-hydrogen) atoms. The third-order valence-electron chi connectivity index (χ3n) is 4.33. The first-order valence-corrected chi connectivity index (χ1v) is 9.16. The second-order valence-corrected chi connectivity index (χ2v) is 6.70. The number of rotatable bonds is 7. The van der Waals surface area contributed by atoms with E-state index in [0.29, 0.717) is 24.1 Å². The second kappa shape index (κ2) is 8.99. The van der Waals surface area contributed by atoms with Gasteiger partial charge in [-0.2, -0.15) is 0 Å². The molecule has 0 bridgehead atoms. The van der Waals surface area contributed by atoms with E-state index in [-0.39, 0.29) is 5.91 Å². The monoisotopic (exact) mass is 376 g/mol. The summed E-state index contributed by atoms with van der Waals surface area (Å²) in [4.78, 5) is 20.9. The van der Waals surface area contributed by atoms with Crippen LogP contribution >= 0.6 is 0 Å². The standard InChI is InChI=1S/C22H24N4O2/c1-15(2)17-6-8-18(9-7-17)25-22-23-13-12-20(26-22)21(27)24-14-16-4-10-19(28-3)11-5-16/h4-13,15H,14H2,1-3H3,(H,24,27)(H,23,25,26). The SMILES string of the molecule is COc1ccc(CNC(=O)c2ccnc(Nc3ccc(C(C)C)cc3)n2)cc1. The van der Waals surface area contributed by atoms with Gasteiger partial charge in [0.05, 0.1) is 7.11 Å². The van der Waals surface area contributed by atoms with Crippen molar-refractivity contribution in [2.24, 2.45) is 0 Å². The van der Waals surface area contributed by atoms with E-state index >= 15 is 0 Å². The van der Waals surface area contributed by atoms with Gasteiger partial charge in [-0.15, -0.1) is 0 Å². The molecule has 6 nitrogen and oxygen atoms in total. The molecule has 2 aromatic carbocycles. The van der Waals surface area contributed by atoms with Crippen LogP contribution in [0.25, 0.3) is 0 Å².